The normalized spacial score (nSPS) is 14.3. The van der Waals surface area contributed by atoms with Gasteiger partial charge in [-0.2, -0.15) is 5.10 Å². The van der Waals surface area contributed by atoms with Gasteiger partial charge < -0.3 is 4.42 Å². The van der Waals surface area contributed by atoms with E-state index in [0.717, 1.165) is 39.7 Å². The number of carbonyl (C=O) groups is 1. The van der Waals surface area contributed by atoms with Crippen molar-refractivity contribution in [3.63, 3.8) is 0 Å². The van der Waals surface area contributed by atoms with Crippen LogP contribution in [0, 0.1) is 6.92 Å². The van der Waals surface area contributed by atoms with Crippen molar-refractivity contribution in [1.82, 2.24) is 10.4 Å². The zero-order valence-corrected chi connectivity index (χ0v) is 15.2. The SMILES string of the molecule is Cc1ccc(/C=N/NC(=O)c2cc(C3CC3)nc3ccc(Br)cc23)o1. The number of halogens is 1. The quantitative estimate of drug-likeness (QED) is 0.518. The Morgan fingerprint density at radius 2 is 2.16 bits per heavy atom. The summed E-state index contributed by atoms with van der Waals surface area (Å²) in [6, 6.07) is 11.3. The van der Waals surface area contributed by atoms with E-state index in [1.165, 1.54) is 6.21 Å². The second-order valence-electron chi connectivity index (χ2n) is 6.18. The Morgan fingerprint density at radius 1 is 1.32 bits per heavy atom. The van der Waals surface area contributed by atoms with Crippen molar-refractivity contribution in [2.75, 3.05) is 0 Å². The van der Waals surface area contributed by atoms with Crippen LogP contribution >= 0.6 is 15.9 Å². The summed E-state index contributed by atoms with van der Waals surface area (Å²) < 4.78 is 6.31. The molecule has 1 saturated carbocycles. The molecule has 0 radical (unpaired) electrons. The highest BCUT2D eigenvalue weighted by Crippen LogP contribution is 2.40. The number of aromatic nitrogens is 1. The van der Waals surface area contributed by atoms with Crippen molar-refractivity contribution >= 4 is 39.0 Å². The van der Waals surface area contributed by atoms with E-state index in [1.807, 2.05) is 37.3 Å². The Kier molecular flexibility index (Phi) is 4.13. The molecule has 4 rings (SSSR count). The van der Waals surface area contributed by atoms with Gasteiger partial charge in [-0.3, -0.25) is 9.78 Å². The minimum atomic E-state index is -0.257. The minimum Gasteiger partial charge on any atom is -0.460 e. The second-order valence-corrected chi connectivity index (χ2v) is 7.09. The third-order valence-corrected chi connectivity index (χ3v) is 4.64. The molecule has 0 unspecified atom stereocenters. The highest BCUT2D eigenvalue weighted by Gasteiger charge is 2.27. The molecule has 5 nitrogen and oxygen atoms in total. The van der Waals surface area contributed by atoms with Gasteiger partial charge in [0.15, 0.2) is 0 Å². The number of furan rings is 1. The van der Waals surface area contributed by atoms with Gasteiger partial charge in [0.25, 0.3) is 5.91 Å². The van der Waals surface area contributed by atoms with E-state index in [0.29, 0.717) is 17.2 Å². The maximum atomic E-state index is 12.7. The van der Waals surface area contributed by atoms with Crippen molar-refractivity contribution in [2.24, 2.45) is 5.10 Å². The average Bonchev–Trinajstić information content (AvgIpc) is 3.36. The Balaban J connectivity index is 1.65. The molecule has 1 aliphatic carbocycles. The van der Waals surface area contributed by atoms with Gasteiger partial charge in [0.05, 0.1) is 17.3 Å². The lowest BCUT2D eigenvalue weighted by molar-refractivity contribution is 0.0956. The lowest BCUT2D eigenvalue weighted by Crippen LogP contribution is -2.18. The Hall–Kier alpha value is -2.47. The van der Waals surface area contributed by atoms with Gasteiger partial charge in [-0.05, 0) is 56.2 Å². The number of rotatable bonds is 4. The molecule has 0 atom stereocenters. The molecular weight excluding hydrogens is 382 g/mol. The maximum Gasteiger partial charge on any atom is 0.272 e. The first-order valence-electron chi connectivity index (χ1n) is 8.10. The first kappa shape index (κ1) is 16.0. The van der Waals surface area contributed by atoms with Gasteiger partial charge in [-0.1, -0.05) is 15.9 Å². The Bertz CT molecular complexity index is 989. The number of hydrogen-bond acceptors (Lipinski definition) is 4. The summed E-state index contributed by atoms with van der Waals surface area (Å²) in [5, 5.41) is 4.81. The average molecular weight is 398 g/mol. The van der Waals surface area contributed by atoms with E-state index in [2.05, 4.69) is 26.5 Å². The summed E-state index contributed by atoms with van der Waals surface area (Å²) >= 11 is 3.46. The molecule has 2 aromatic heterocycles. The second kappa shape index (κ2) is 6.44. The van der Waals surface area contributed by atoms with E-state index in [1.54, 1.807) is 6.07 Å². The van der Waals surface area contributed by atoms with Crippen LogP contribution in [0.4, 0.5) is 0 Å². The van der Waals surface area contributed by atoms with E-state index in [9.17, 15) is 4.79 Å². The van der Waals surface area contributed by atoms with Crippen LogP contribution in [0.15, 0.2) is 50.4 Å². The molecule has 0 bridgehead atoms. The van der Waals surface area contributed by atoms with Crippen LogP contribution in [-0.2, 0) is 0 Å². The summed E-state index contributed by atoms with van der Waals surface area (Å²) in [5.41, 5.74) is 4.97. The van der Waals surface area contributed by atoms with Gasteiger partial charge in [-0.25, -0.2) is 5.43 Å². The van der Waals surface area contributed by atoms with Gasteiger partial charge in [0.1, 0.15) is 11.5 Å². The first-order chi connectivity index (χ1) is 12.1. The number of nitrogens with zero attached hydrogens (tertiary/aromatic N) is 2. The van der Waals surface area contributed by atoms with Crippen LogP contribution in [-0.4, -0.2) is 17.1 Å². The van der Waals surface area contributed by atoms with Gasteiger partial charge in [0, 0.05) is 21.5 Å². The number of amides is 1. The van der Waals surface area contributed by atoms with Crippen molar-refractivity contribution in [1.29, 1.82) is 0 Å². The molecule has 126 valence electrons. The molecule has 6 heteroatoms. The zero-order chi connectivity index (χ0) is 17.4. The minimum absolute atomic E-state index is 0.257. The molecule has 3 aromatic rings. The van der Waals surface area contributed by atoms with Crippen LogP contribution in [0.25, 0.3) is 10.9 Å². The molecule has 2 heterocycles. The fraction of sp³-hybridized carbons (Fsp3) is 0.211. The molecule has 1 aliphatic rings. The summed E-state index contributed by atoms with van der Waals surface area (Å²) in [6.07, 6.45) is 3.75. The first-order valence-corrected chi connectivity index (χ1v) is 8.89. The molecule has 0 aliphatic heterocycles. The number of aryl methyl sites for hydroxylation is 1. The highest BCUT2D eigenvalue weighted by atomic mass is 79.9. The predicted octanol–water partition coefficient (Wildman–Crippen LogP) is 4.54. The highest BCUT2D eigenvalue weighted by molar-refractivity contribution is 9.10. The molecule has 1 N–H and O–H groups in total. The zero-order valence-electron chi connectivity index (χ0n) is 13.6. The molecule has 25 heavy (non-hydrogen) atoms. The van der Waals surface area contributed by atoms with Crippen LogP contribution in [0.2, 0.25) is 0 Å². The van der Waals surface area contributed by atoms with E-state index < -0.39 is 0 Å². The van der Waals surface area contributed by atoms with Crippen LogP contribution in [0.1, 0.15) is 46.3 Å². The summed E-state index contributed by atoms with van der Waals surface area (Å²) in [6.45, 7) is 1.86. The molecule has 0 saturated heterocycles. The monoisotopic (exact) mass is 397 g/mol. The summed E-state index contributed by atoms with van der Waals surface area (Å²) in [5.74, 6) is 1.60. The molecule has 0 spiro atoms. The largest absolute Gasteiger partial charge is 0.460 e. The molecule has 1 fully saturated rings. The lowest BCUT2D eigenvalue weighted by Gasteiger charge is -2.08. The summed E-state index contributed by atoms with van der Waals surface area (Å²) in [7, 11) is 0. The number of pyridine rings is 1. The van der Waals surface area contributed by atoms with E-state index >= 15 is 0 Å². The van der Waals surface area contributed by atoms with Gasteiger partial charge >= 0.3 is 0 Å². The standard InChI is InChI=1S/C19H16BrN3O2/c1-11-2-6-14(25-11)10-21-23-19(24)16-9-18(12-3-4-12)22-17-7-5-13(20)8-15(16)17/h2,5-10,12H,3-4H2,1H3,(H,23,24)/b21-10+. The number of hydrazone groups is 1. The van der Waals surface area contributed by atoms with Crippen molar-refractivity contribution in [2.45, 2.75) is 25.7 Å². The van der Waals surface area contributed by atoms with E-state index in [4.69, 9.17) is 9.40 Å². The number of hydrogen-bond donors (Lipinski definition) is 1. The Morgan fingerprint density at radius 3 is 2.88 bits per heavy atom. The Labute approximate surface area is 153 Å². The molecular formula is C19H16BrN3O2. The smallest absolute Gasteiger partial charge is 0.272 e. The van der Waals surface area contributed by atoms with Crippen LogP contribution in [0.5, 0.6) is 0 Å². The lowest BCUT2D eigenvalue weighted by atomic mass is 10.1. The fourth-order valence-electron chi connectivity index (χ4n) is 2.73. The van der Waals surface area contributed by atoms with Crippen LogP contribution < -0.4 is 5.43 Å². The van der Waals surface area contributed by atoms with Crippen LogP contribution in [0.3, 0.4) is 0 Å². The predicted molar refractivity (Wildman–Crippen MR) is 99.9 cm³/mol. The van der Waals surface area contributed by atoms with E-state index in [-0.39, 0.29) is 5.91 Å². The third kappa shape index (κ3) is 3.49. The molecule has 1 amide bonds. The van der Waals surface area contributed by atoms with Crippen molar-refractivity contribution in [3.05, 3.63) is 63.6 Å². The number of nitrogens with one attached hydrogen (secondary N) is 1. The summed E-state index contributed by atoms with van der Waals surface area (Å²) in [4.78, 5) is 17.4. The maximum absolute atomic E-state index is 12.7. The fourth-order valence-corrected chi connectivity index (χ4v) is 3.09. The van der Waals surface area contributed by atoms with Gasteiger partial charge in [-0.15, -0.1) is 0 Å². The number of benzene rings is 1. The topological polar surface area (TPSA) is 67.5 Å². The number of carbonyl (C=O) groups excluding carboxylic acids is 1. The molecule has 1 aromatic carbocycles. The van der Waals surface area contributed by atoms with Crippen molar-refractivity contribution < 1.29 is 9.21 Å². The number of fused-ring (bicyclic) bond motifs is 1. The van der Waals surface area contributed by atoms with Crippen molar-refractivity contribution in [3.8, 4) is 0 Å². The van der Waals surface area contributed by atoms with Gasteiger partial charge in [0.2, 0.25) is 0 Å². The third-order valence-electron chi connectivity index (χ3n) is 4.15.